The van der Waals surface area contributed by atoms with E-state index in [9.17, 15) is 0 Å². The highest BCUT2D eigenvalue weighted by molar-refractivity contribution is 5.55. The van der Waals surface area contributed by atoms with Gasteiger partial charge in [-0.3, -0.25) is 0 Å². The number of nitrogens with one attached hydrogen (secondary N) is 1. The first-order valence-electron chi connectivity index (χ1n) is 7.48. The number of hydrogen-bond acceptors (Lipinski definition) is 4. The summed E-state index contributed by atoms with van der Waals surface area (Å²) < 4.78 is 16.7. The molecule has 4 nitrogen and oxygen atoms in total. The van der Waals surface area contributed by atoms with E-state index in [1.807, 2.05) is 44.2 Å². The lowest BCUT2D eigenvalue weighted by atomic mass is 10.1. The number of ether oxygens (including phenoxy) is 2. The van der Waals surface area contributed by atoms with Crippen molar-refractivity contribution in [3.63, 3.8) is 0 Å². The van der Waals surface area contributed by atoms with E-state index < -0.39 is 0 Å². The number of rotatable bonds is 8. The first-order chi connectivity index (χ1) is 10.3. The number of furan rings is 1. The average molecular weight is 289 g/mol. The highest BCUT2D eigenvalue weighted by Crippen LogP contribution is 2.32. The zero-order chi connectivity index (χ0) is 15.1. The van der Waals surface area contributed by atoms with Crippen molar-refractivity contribution < 1.29 is 13.9 Å². The maximum atomic E-state index is 5.65. The van der Waals surface area contributed by atoms with Gasteiger partial charge in [0.1, 0.15) is 5.76 Å². The Labute approximate surface area is 126 Å². The fourth-order valence-corrected chi connectivity index (χ4v) is 2.21. The summed E-state index contributed by atoms with van der Waals surface area (Å²) in [5.74, 6) is 2.47. The summed E-state index contributed by atoms with van der Waals surface area (Å²) in [5, 5.41) is 3.47. The fraction of sp³-hybridized carbons (Fsp3) is 0.412. The molecule has 2 rings (SSSR count). The van der Waals surface area contributed by atoms with Crippen LogP contribution in [0.1, 0.15) is 39.0 Å². The standard InChI is InChI=1S/C17H23NO3/c1-4-14(15-8-7-11-21-15)18-13-9-10-16(19-5-2)17(12-13)20-6-3/h7-12,14,18H,4-6H2,1-3H3. The van der Waals surface area contributed by atoms with E-state index in [1.54, 1.807) is 6.26 Å². The molecule has 0 saturated carbocycles. The minimum Gasteiger partial charge on any atom is -0.490 e. The van der Waals surface area contributed by atoms with Gasteiger partial charge in [-0.05, 0) is 44.5 Å². The van der Waals surface area contributed by atoms with Crippen molar-refractivity contribution in [2.75, 3.05) is 18.5 Å². The Bertz CT molecular complexity index is 537. The summed E-state index contributed by atoms with van der Waals surface area (Å²) >= 11 is 0. The van der Waals surface area contributed by atoms with Gasteiger partial charge in [-0.1, -0.05) is 6.92 Å². The van der Waals surface area contributed by atoms with E-state index in [0.29, 0.717) is 13.2 Å². The molecule has 4 heteroatoms. The van der Waals surface area contributed by atoms with Crippen LogP contribution in [-0.2, 0) is 0 Å². The van der Waals surface area contributed by atoms with Crippen LogP contribution < -0.4 is 14.8 Å². The van der Waals surface area contributed by atoms with Gasteiger partial charge in [0, 0.05) is 11.8 Å². The van der Waals surface area contributed by atoms with Crippen LogP contribution in [0.5, 0.6) is 11.5 Å². The zero-order valence-corrected chi connectivity index (χ0v) is 12.9. The molecule has 114 valence electrons. The Morgan fingerprint density at radius 3 is 2.43 bits per heavy atom. The van der Waals surface area contributed by atoms with Crippen LogP contribution in [0.4, 0.5) is 5.69 Å². The third-order valence-corrected chi connectivity index (χ3v) is 3.18. The second-order valence-electron chi connectivity index (χ2n) is 4.65. The van der Waals surface area contributed by atoms with Crippen molar-refractivity contribution >= 4 is 5.69 Å². The lowest BCUT2D eigenvalue weighted by molar-refractivity contribution is 0.288. The van der Waals surface area contributed by atoms with Gasteiger partial charge in [-0.25, -0.2) is 0 Å². The SMILES string of the molecule is CCOc1ccc(NC(CC)c2ccco2)cc1OCC. The van der Waals surface area contributed by atoms with Crippen LogP contribution in [0.25, 0.3) is 0 Å². The molecule has 2 aromatic rings. The minimum atomic E-state index is 0.146. The fourth-order valence-electron chi connectivity index (χ4n) is 2.21. The molecule has 0 spiro atoms. The molecular weight excluding hydrogens is 266 g/mol. The predicted octanol–water partition coefficient (Wildman–Crippen LogP) is 4.64. The monoisotopic (exact) mass is 289 g/mol. The van der Waals surface area contributed by atoms with E-state index in [-0.39, 0.29) is 6.04 Å². The van der Waals surface area contributed by atoms with Crippen molar-refractivity contribution in [1.82, 2.24) is 0 Å². The van der Waals surface area contributed by atoms with Gasteiger partial charge in [0.05, 0.1) is 25.5 Å². The molecule has 1 N–H and O–H groups in total. The summed E-state index contributed by atoms with van der Waals surface area (Å²) in [7, 11) is 0. The summed E-state index contributed by atoms with van der Waals surface area (Å²) in [6.45, 7) is 7.29. The van der Waals surface area contributed by atoms with Crippen molar-refractivity contribution in [3.05, 3.63) is 42.4 Å². The quantitative estimate of drug-likeness (QED) is 0.768. The van der Waals surface area contributed by atoms with Crippen molar-refractivity contribution in [1.29, 1.82) is 0 Å². The molecule has 0 saturated heterocycles. The minimum absolute atomic E-state index is 0.146. The Balaban J connectivity index is 2.17. The Kier molecular flexibility index (Phi) is 5.55. The maximum Gasteiger partial charge on any atom is 0.163 e. The Hall–Kier alpha value is -2.10. The average Bonchev–Trinajstić information content (AvgIpc) is 3.02. The number of hydrogen-bond donors (Lipinski definition) is 1. The molecule has 1 aromatic heterocycles. The van der Waals surface area contributed by atoms with Gasteiger partial charge in [0.25, 0.3) is 0 Å². The van der Waals surface area contributed by atoms with Crippen LogP contribution >= 0.6 is 0 Å². The van der Waals surface area contributed by atoms with E-state index in [2.05, 4.69) is 12.2 Å². The molecule has 1 atom stereocenters. The second kappa shape index (κ2) is 7.62. The Morgan fingerprint density at radius 1 is 1.05 bits per heavy atom. The van der Waals surface area contributed by atoms with Gasteiger partial charge in [-0.15, -0.1) is 0 Å². The Morgan fingerprint density at radius 2 is 1.81 bits per heavy atom. The number of anilines is 1. The third kappa shape index (κ3) is 3.94. The van der Waals surface area contributed by atoms with Gasteiger partial charge >= 0.3 is 0 Å². The molecular formula is C17H23NO3. The van der Waals surface area contributed by atoms with Crippen molar-refractivity contribution in [2.45, 2.75) is 33.2 Å². The van der Waals surface area contributed by atoms with Crippen molar-refractivity contribution in [3.8, 4) is 11.5 Å². The molecule has 0 aliphatic heterocycles. The van der Waals surface area contributed by atoms with Gasteiger partial charge in [0.15, 0.2) is 11.5 Å². The third-order valence-electron chi connectivity index (χ3n) is 3.18. The lowest BCUT2D eigenvalue weighted by Crippen LogP contribution is -2.09. The summed E-state index contributed by atoms with van der Waals surface area (Å²) in [5.41, 5.74) is 0.991. The second-order valence-corrected chi connectivity index (χ2v) is 4.65. The molecule has 0 fully saturated rings. The first-order valence-corrected chi connectivity index (χ1v) is 7.48. The highest BCUT2D eigenvalue weighted by atomic mass is 16.5. The molecule has 1 unspecified atom stereocenters. The van der Waals surface area contributed by atoms with Crippen LogP contribution in [0.2, 0.25) is 0 Å². The van der Waals surface area contributed by atoms with E-state index in [1.165, 1.54) is 0 Å². The summed E-state index contributed by atoms with van der Waals surface area (Å²) in [6.07, 6.45) is 2.63. The van der Waals surface area contributed by atoms with Crippen LogP contribution in [0, 0.1) is 0 Å². The van der Waals surface area contributed by atoms with Crippen LogP contribution in [0.3, 0.4) is 0 Å². The lowest BCUT2D eigenvalue weighted by Gasteiger charge is -2.18. The molecule has 0 aliphatic carbocycles. The molecule has 0 amide bonds. The molecule has 21 heavy (non-hydrogen) atoms. The molecule has 1 aromatic carbocycles. The predicted molar refractivity (Wildman–Crippen MR) is 84.1 cm³/mol. The summed E-state index contributed by atoms with van der Waals surface area (Å²) in [6, 6.07) is 9.94. The molecule has 0 radical (unpaired) electrons. The van der Waals surface area contributed by atoms with Gasteiger partial charge < -0.3 is 19.2 Å². The highest BCUT2D eigenvalue weighted by Gasteiger charge is 2.13. The molecule has 0 bridgehead atoms. The van der Waals surface area contributed by atoms with Gasteiger partial charge in [-0.2, -0.15) is 0 Å². The van der Waals surface area contributed by atoms with E-state index in [0.717, 1.165) is 29.4 Å². The zero-order valence-electron chi connectivity index (χ0n) is 12.9. The van der Waals surface area contributed by atoms with Crippen LogP contribution in [0.15, 0.2) is 41.0 Å². The first kappa shape index (κ1) is 15.3. The molecule has 1 heterocycles. The van der Waals surface area contributed by atoms with Crippen molar-refractivity contribution in [2.24, 2.45) is 0 Å². The van der Waals surface area contributed by atoms with E-state index >= 15 is 0 Å². The molecule has 0 aliphatic rings. The topological polar surface area (TPSA) is 43.6 Å². The maximum absolute atomic E-state index is 5.65. The number of benzene rings is 1. The largest absolute Gasteiger partial charge is 0.490 e. The van der Waals surface area contributed by atoms with Crippen LogP contribution in [-0.4, -0.2) is 13.2 Å². The smallest absolute Gasteiger partial charge is 0.163 e. The van der Waals surface area contributed by atoms with E-state index in [4.69, 9.17) is 13.9 Å². The summed E-state index contributed by atoms with van der Waals surface area (Å²) in [4.78, 5) is 0. The van der Waals surface area contributed by atoms with Gasteiger partial charge in [0.2, 0.25) is 0 Å². The normalized spacial score (nSPS) is 12.0.